The number of primary amides is 1. The molecule has 1 rings (SSSR count). The summed E-state index contributed by atoms with van der Waals surface area (Å²) in [5, 5.41) is 0. The molecule has 0 aromatic carbocycles. The van der Waals surface area contributed by atoms with Gasteiger partial charge in [0.15, 0.2) is 0 Å². The van der Waals surface area contributed by atoms with E-state index < -0.39 is 5.91 Å². The highest BCUT2D eigenvalue weighted by Crippen LogP contribution is 2.12. The number of aryl methyl sites for hydroxylation is 1. The van der Waals surface area contributed by atoms with E-state index in [4.69, 9.17) is 11.5 Å². The van der Waals surface area contributed by atoms with Gasteiger partial charge >= 0.3 is 0 Å². The average molecular weight is 252 g/mol. The minimum atomic E-state index is -0.512. The molecule has 0 aliphatic heterocycles. The van der Waals surface area contributed by atoms with Crippen LogP contribution in [0, 0.1) is 0 Å². The number of unbranched alkanes of at least 4 members (excludes halogenated alkanes) is 1. The van der Waals surface area contributed by atoms with Gasteiger partial charge < -0.3 is 20.9 Å². The first-order valence-electron chi connectivity index (χ1n) is 5.95. The fourth-order valence-corrected chi connectivity index (χ4v) is 1.75. The van der Waals surface area contributed by atoms with E-state index in [0.717, 1.165) is 12.8 Å². The van der Waals surface area contributed by atoms with Gasteiger partial charge in [0.1, 0.15) is 5.69 Å². The van der Waals surface area contributed by atoms with Crippen LogP contribution in [0.1, 0.15) is 30.3 Å². The average Bonchev–Trinajstić information content (AvgIpc) is 2.62. The third-order valence-electron chi connectivity index (χ3n) is 2.66. The number of anilines is 1. The Morgan fingerprint density at radius 1 is 1.44 bits per heavy atom. The third-order valence-corrected chi connectivity index (χ3v) is 2.66. The predicted octanol–water partition coefficient (Wildman–Crippen LogP) is 0.335. The van der Waals surface area contributed by atoms with Crippen LogP contribution in [0.2, 0.25) is 0 Å². The van der Waals surface area contributed by atoms with E-state index in [0.29, 0.717) is 17.9 Å². The Morgan fingerprint density at radius 3 is 2.56 bits per heavy atom. The van der Waals surface area contributed by atoms with Crippen molar-refractivity contribution in [2.45, 2.75) is 19.8 Å². The monoisotopic (exact) mass is 252 g/mol. The van der Waals surface area contributed by atoms with Crippen LogP contribution in [0.3, 0.4) is 0 Å². The summed E-state index contributed by atoms with van der Waals surface area (Å²) < 4.78 is 1.65. The van der Waals surface area contributed by atoms with Crippen molar-refractivity contribution in [1.29, 1.82) is 0 Å². The Labute approximate surface area is 107 Å². The summed E-state index contributed by atoms with van der Waals surface area (Å²) in [5.41, 5.74) is 11.8. The zero-order valence-corrected chi connectivity index (χ0v) is 10.8. The molecule has 0 fully saturated rings. The molecule has 0 atom stereocenters. The van der Waals surface area contributed by atoms with E-state index in [2.05, 4.69) is 0 Å². The smallest absolute Gasteiger partial charge is 0.271 e. The molecule has 1 aromatic heterocycles. The summed E-state index contributed by atoms with van der Waals surface area (Å²) in [5.74, 6) is -0.733. The Kier molecular flexibility index (Phi) is 4.76. The van der Waals surface area contributed by atoms with Gasteiger partial charge in [-0.1, -0.05) is 13.3 Å². The van der Waals surface area contributed by atoms with Crippen molar-refractivity contribution in [3.8, 4) is 0 Å². The molecule has 0 unspecified atom stereocenters. The summed E-state index contributed by atoms with van der Waals surface area (Å²) in [4.78, 5) is 24.7. The maximum Gasteiger partial charge on any atom is 0.271 e. The van der Waals surface area contributed by atoms with Gasteiger partial charge in [0.25, 0.3) is 5.91 Å². The third kappa shape index (κ3) is 3.51. The fraction of sp³-hybridized carbons (Fsp3) is 0.500. The SMILES string of the molecule is CCCCN(CC(N)=O)C(=O)c1cc(N)cn1C. The van der Waals surface area contributed by atoms with E-state index >= 15 is 0 Å². The molecule has 100 valence electrons. The van der Waals surface area contributed by atoms with Crippen LogP contribution in [0.4, 0.5) is 5.69 Å². The van der Waals surface area contributed by atoms with Crippen molar-refractivity contribution in [3.63, 3.8) is 0 Å². The molecule has 0 saturated heterocycles. The lowest BCUT2D eigenvalue weighted by atomic mass is 10.2. The minimum absolute atomic E-state index is 0.0656. The number of nitrogen functional groups attached to an aromatic ring is 1. The number of nitrogens with zero attached hydrogens (tertiary/aromatic N) is 2. The molecule has 4 N–H and O–H groups in total. The molecule has 1 heterocycles. The first-order valence-corrected chi connectivity index (χ1v) is 5.95. The number of hydrogen-bond acceptors (Lipinski definition) is 3. The van der Waals surface area contributed by atoms with Crippen LogP contribution in [0.15, 0.2) is 12.3 Å². The molecule has 6 nitrogen and oxygen atoms in total. The van der Waals surface area contributed by atoms with Crippen LogP contribution in [-0.2, 0) is 11.8 Å². The largest absolute Gasteiger partial charge is 0.397 e. The van der Waals surface area contributed by atoms with E-state index in [9.17, 15) is 9.59 Å². The molecule has 0 aliphatic rings. The van der Waals surface area contributed by atoms with Gasteiger partial charge in [-0.25, -0.2) is 0 Å². The van der Waals surface area contributed by atoms with Gasteiger partial charge in [-0.3, -0.25) is 9.59 Å². The van der Waals surface area contributed by atoms with Crippen molar-refractivity contribution in [1.82, 2.24) is 9.47 Å². The molecule has 0 spiro atoms. The second kappa shape index (κ2) is 6.09. The van der Waals surface area contributed by atoms with Gasteiger partial charge in [-0.15, -0.1) is 0 Å². The quantitative estimate of drug-likeness (QED) is 0.764. The lowest BCUT2D eigenvalue weighted by molar-refractivity contribution is -0.118. The predicted molar refractivity (Wildman–Crippen MR) is 69.8 cm³/mol. The summed E-state index contributed by atoms with van der Waals surface area (Å²) in [6.45, 7) is 2.47. The number of aromatic nitrogens is 1. The van der Waals surface area contributed by atoms with Gasteiger partial charge in [0.05, 0.1) is 12.2 Å². The zero-order chi connectivity index (χ0) is 13.7. The second-order valence-electron chi connectivity index (χ2n) is 4.32. The van der Waals surface area contributed by atoms with Gasteiger partial charge in [-0.05, 0) is 12.5 Å². The number of carbonyl (C=O) groups is 2. The Hall–Kier alpha value is -1.98. The van der Waals surface area contributed by atoms with Crippen LogP contribution in [0.5, 0.6) is 0 Å². The molecule has 2 amide bonds. The molecule has 0 aliphatic carbocycles. The maximum atomic E-state index is 12.3. The van der Waals surface area contributed by atoms with Gasteiger partial charge in [0.2, 0.25) is 5.91 Å². The van der Waals surface area contributed by atoms with E-state index in [1.807, 2.05) is 6.92 Å². The fourth-order valence-electron chi connectivity index (χ4n) is 1.75. The molecule has 0 saturated carbocycles. The number of nitrogens with two attached hydrogens (primary N) is 2. The number of amides is 2. The minimum Gasteiger partial charge on any atom is -0.397 e. The lowest BCUT2D eigenvalue weighted by Crippen LogP contribution is -2.39. The molecule has 6 heteroatoms. The zero-order valence-electron chi connectivity index (χ0n) is 10.8. The maximum absolute atomic E-state index is 12.3. The molecule has 1 aromatic rings. The topological polar surface area (TPSA) is 94.3 Å². The van der Waals surface area contributed by atoms with Crippen LogP contribution in [-0.4, -0.2) is 34.4 Å². The van der Waals surface area contributed by atoms with Crippen LogP contribution < -0.4 is 11.5 Å². The van der Waals surface area contributed by atoms with E-state index in [1.165, 1.54) is 4.90 Å². The second-order valence-corrected chi connectivity index (χ2v) is 4.32. The van der Waals surface area contributed by atoms with Gasteiger partial charge in [0, 0.05) is 19.8 Å². The van der Waals surface area contributed by atoms with Crippen LogP contribution in [0.25, 0.3) is 0 Å². The number of carbonyl (C=O) groups excluding carboxylic acids is 2. The number of hydrogen-bond donors (Lipinski definition) is 2. The number of rotatable bonds is 6. The van der Waals surface area contributed by atoms with Crippen molar-refractivity contribution in [3.05, 3.63) is 18.0 Å². The lowest BCUT2D eigenvalue weighted by Gasteiger charge is -2.21. The highest BCUT2D eigenvalue weighted by molar-refractivity contribution is 5.96. The highest BCUT2D eigenvalue weighted by atomic mass is 16.2. The Morgan fingerprint density at radius 2 is 2.11 bits per heavy atom. The molecule has 0 bridgehead atoms. The first-order chi connectivity index (χ1) is 8.45. The van der Waals surface area contributed by atoms with Crippen molar-refractivity contribution in [2.75, 3.05) is 18.8 Å². The van der Waals surface area contributed by atoms with Crippen molar-refractivity contribution in [2.24, 2.45) is 12.8 Å². The van der Waals surface area contributed by atoms with Crippen molar-refractivity contribution >= 4 is 17.5 Å². The molecule has 0 radical (unpaired) electrons. The molecular weight excluding hydrogens is 232 g/mol. The van der Waals surface area contributed by atoms with Crippen molar-refractivity contribution < 1.29 is 9.59 Å². The summed E-state index contributed by atoms with van der Waals surface area (Å²) in [6, 6.07) is 1.60. The molecular formula is C12H20N4O2. The Bertz CT molecular complexity index is 439. The summed E-state index contributed by atoms with van der Waals surface area (Å²) in [7, 11) is 1.74. The standard InChI is InChI=1S/C12H20N4O2/c1-3-4-5-16(8-11(14)17)12(18)10-6-9(13)7-15(10)2/h6-7H,3-5,8,13H2,1-2H3,(H2,14,17). The van der Waals surface area contributed by atoms with Crippen LogP contribution >= 0.6 is 0 Å². The Balaban J connectivity index is 2.87. The van der Waals surface area contributed by atoms with E-state index in [-0.39, 0.29) is 12.5 Å². The normalized spacial score (nSPS) is 10.3. The molecule has 18 heavy (non-hydrogen) atoms. The first kappa shape index (κ1) is 14.1. The van der Waals surface area contributed by atoms with E-state index in [1.54, 1.807) is 23.9 Å². The summed E-state index contributed by atoms with van der Waals surface area (Å²) >= 11 is 0. The highest BCUT2D eigenvalue weighted by Gasteiger charge is 2.19. The summed E-state index contributed by atoms with van der Waals surface area (Å²) in [6.07, 6.45) is 3.44. The van der Waals surface area contributed by atoms with Gasteiger partial charge in [-0.2, -0.15) is 0 Å².